The number of rotatable bonds is 4. The Morgan fingerprint density at radius 1 is 1.35 bits per heavy atom. The van der Waals surface area contributed by atoms with Gasteiger partial charge in [-0.1, -0.05) is 0 Å². The predicted molar refractivity (Wildman–Crippen MR) is 58.6 cm³/mol. The summed E-state index contributed by atoms with van der Waals surface area (Å²) >= 11 is 0. The molecule has 1 rings (SSSR count). The normalized spacial score (nSPS) is 12.6. The standard InChI is InChI=1S/C11H15F3N2O/c1-10(2,4-6-17)16-9-7-8(3-5-15-9)11(12,13)14/h3,5,7,17H,4,6H2,1-2H3,(H,15,16). The lowest BCUT2D eigenvalue weighted by Gasteiger charge is -2.26. The van der Waals surface area contributed by atoms with E-state index in [4.69, 9.17) is 5.11 Å². The fourth-order valence-corrected chi connectivity index (χ4v) is 1.36. The molecule has 6 heteroatoms. The van der Waals surface area contributed by atoms with Gasteiger partial charge in [0.2, 0.25) is 0 Å². The molecule has 0 aliphatic heterocycles. The average Bonchev–Trinajstić information content (AvgIpc) is 2.15. The van der Waals surface area contributed by atoms with E-state index in [-0.39, 0.29) is 12.4 Å². The van der Waals surface area contributed by atoms with Gasteiger partial charge in [-0.25, -0.2) is 4.98 Å². The Balaban J connectivity index is 2.86. The lowest BCUT2D eigenvalue weighted by molar-refractivity contribution is -0.137. The third-order valence-corrected chi connectivity index (χ3v) is 2.29. The van der Waals surface area contributed by atoms with Crippen LogP contribution in [0.1, 0.15) is 25.8 Å². The van der Waals surface area contributed by atoms with E-state index in [2.05, 4.69) is 10.3 Å². The van der Waals surface area contributed by atoms with Crippen LogP contribution >= 0.6 is 0 Å². The number of aromatic nitrogens is 1. The number of pyridine rings is 1. The predicted octanol–water partition coefficient (Wildman–Crippen LogP) is 2.67. The highest BCUT2D eigenvalue weighted by molar-refractivity contribution is 5.40. The molecule has 0 aliphatic carbocycles. The fraction of sp³-hybridized carbons (Fsp3) is 0.545. The summed E-state index contributed by atoms with van der Waals surface area (Å²) in [6, 6.07) is 1.88. The zero-order valence-corrected chi connectivity index (χ0v) is 9.67. The molecular formula is C11H15F3N2O. The number of alkyl halides is 3. The summed E-state index contributed by atoms with van der Waals surface area (Å²) in [5.41, 5.74) is -1.25. The number of aliphatic hydroxyl groups excluding tert-OH is 1. The van der Waals surface area contributed by atoms with Crippen LogP contribution in [0.15, 0.2) is 18.3 Å². The number of nitrogens with one attached hydrogen (secondary N) is 1. The number of hydrogen-bond acceptors (Lipinski definition) is 3. The molecule has 17 heavy (non-hydrogen) atoms. The van der Waals surface area contributed by atoms with E-state index in [9.17, 15) is 13.2 Å². The van der Waals surface area contributed by atoms with Gasteiger partial charge in [-0.15, -0.1) is 0 Å². The van der Waals surface area contributed by atoms with Gasteiger partial charge >= 0.3 is 6.18 Å². The SMILES string of the molecule is CC(C)(CCO)Nc1cc(C(F)(F)F)ccn1. The topological polar surface area (TPSA) is 45.1 Å². The Labute approximate surface area is 97.7 Å². The van der Waals surface area contributed by atoms with Crippen molar-refractivity contribution >= 4 is 5.82 Å². The molecule has 3 nitrogen and oxygen atoms in total. The monoisotopic (exact) mass is 248 g/mol. The fourth-order valence-electron chi connectivity index (χ4n) is 1.36. The summed E-state index contributed by atoms with van der Waals surface area (Å²) in [7, 11) is 0. The van der Waals surface area contributed by atoms with Crippen molar-refractivity contribution in [3.05, 3.63) is 23.9 Å². The molecule has 2 N–H and O–H groups in total. The number of anilines is 1. The molecule has 96 valence electrons. The minimum atomic E-state index is -4.37. The summed E-state index contributed by atoms with van der Waals surface area (Å²) in [5, 5.41) is 11.7. The van der Waals surface area contributed by atoms with Crippen LogP contribution in [-0.2, 0) is 6.18 Å². The summed E-state index contributed by atoms with van der Waals surface area (Å²) in [6.07, 6.45) is -2.84. The highest BCUT2D eigenvalue weighted by Crippen LogP contribution is 2.30. The Morgan fingerprint density at radius 3 is 2.53 bits per heavy atom. The van der Waals surface area contributed by atoms with Crippen LogP contribution in [0.2, 0.25) is 0 Å². The second kappa shape index (κ2) is 4.91. The molecule has 0 saturated heterocycles. The molecule has 1 aromatic rings. The highest BCUT2D eigenvalue weighted by Gasteiger charge is 2.31. The molecule has 0 unspecified atom stereocenters. The Hall–Kier alpha value is -1.30. The largest absolute Gasteiger partial charge is 0.416 e. The minimum Gasteiger partial charge on any atom is -0.396 e. The third-order valence-electron chi connectivity index (χ3n) is 2.29. The molecule has 0 spiro atoms. The Morgan fingerprint density at radius 2 is 2.00 bits per heavy atom. The van der Waals surface area contributed by atoms with Crippen molar-refractivity contribution in [1.82, 2.24) is 4.98 Å². The molecule has 0 fully saturated rings. The van der Waals surface area contributed by atoms with E-state index in [0.29, 0.717) is 6.42 Å². The van der Waals surface area contributed by atoms with Crippen molar-refractivity contribution < 1.29 is 18.3 Å². The van der Waals surface area contributed by atoms with Crippen molar-refractivity contribution in [2.24, 2.45) is 0 Å². The maximum Gasteiger partial charge on any atom is 0.416 e. The molecular weight excluding hydrogens is 233 g/mol. The Bertz CT molecular complexity index is 377. The maximum atomic E-state index is 12.5. The van der Waals surface area contributed by atoms with Crippen LogP contribution in [0.5, 0.6) is 0 Å². The van der Waals surface area contributed by atoms with E-state index < -0.39 is 17.3 Å². The second-order valence-corrected chi connectivity index (χ2v) is 4.41. The molecule has 0 atom stereocenters. The second-order valence-electron chi connectivity index (χ2n) is 4.41. The van der Waals surface area contributed by atoms with E-state index in [1.807, 2.05) is 0 Å². The van der Waals surface area contributed by atoms with Gasteiger partial charge in [0.25, 0.3) is 0 Å². The van der Waals surface area contributed by atoms with Crippen molar-refractivity contribution in [1.29, 1.82) is 0 Å². The van der Waals surface area contributed by atoms with Crippen LogP contribution in [0.4, 0.5) is 19.0 Å². The lowest BCUT2D eigenvalue weighted by atomic mass is 10.0. The zero-order valence-electron chi connectivity index (χ0n) is 9.67. The van der Waals surface area contributed by atoms with Crippen LogP contribution in [0.25, 0.3) is 0 Å². The van der Waals surface area contributed by atoms with Crippen molar-refractivity contribution in [3.63, 3.8) is 0 Å². The number of aliphatic hydroxyl groups is 1. The van der Waals surface area contributed by atoms with E-state index in [1.165, 1.54) is 0 Å². The van der Waals surface area contributed by atoms with Gasteiger partial charge < -0.3 is 10.4 Å². The summed E-state index contributed by atoms with van der Waals surface area (Å²) in [5.74, 6) is 0.151. The molecule has 0 saturated carbocycles. The first-order chi connectivity index (χ1) is 7.74. The molecule has 0 bridgehead atoms. The number of hydrogen-bond donors (Lipinski definition) is 2. The highest BCUT2D eigenvalue weighted by atomic mass is 19.4. The average molecular weight is 248 g/mol. The van der Waals surface area contributed by atoms with Crippen molar-refractivity contribution in [2.75, 3.05) is 11.9 Å². The summed E-state index contributed by atoms with van der Waals surface area (Å²) in [6.45, 7) is 3.52. The molecule has 1 heterocycles. The molecule has 0 radical (unpaired) electrons. The Kier molecular flexibility index (Phi) is 3.98. The summed E-state index contributed by atoms with van der Waals surface area (Å²) in [4.78, 5) is 3.83. The third kappa shape index (κ3) is 4.22. The number of halogens is 3. The minimum absolute atomic E-state index is 0.0427. The zero-order chi connectivity index (χ0) is 13.1. The summed E-state index contributed by atoms with van der Waals surface area (Å²) < 4.78 is 37.4. The van der Waals surface area contributed by atoms with Crippen molar-refractivity contribution in [3.8, 4) is 0 Å². The van der Waals surface area contributed by atoms with Gasteiger partial charge in [0.05, 0.1) is 5.56 Å². The quantitative estimate of drug-likeness (QED) is 0.861. The molecule has 0 amide bonds. The van der Waals surface area contributed by atoms with Gasteiger partial charge in [-0.2, -0.15) is 13.2 Å². The van der Waals surface area contributed by atoms with Gasteiger partial charge in [0, 0.05) is 18.3 Å². The first kappa shape index (κ1) is 13.8. The molecule has 0 aliphatic rings. The van der Waals surface area contributed by atoms with Gasteiger partial charge in [0.15, 0.2) is 0 Å². The van der Waals surface area contributed by atoms with Crippen LogP contribution in [-0.4, -0.2) is 22.2 Å². The van der Waals surface area contributed by atoms with E-state index in [1.54, 1.807) is 13.8 Å². The lowest BCUT2D eigenvalue weighted by Crippen LogP contribution is -2.32. The van der Waals surface area contributed by atoms with E-state index >= 15 is 0 Å². The van der Waals surface area contributed by atoms with Gasteiger partial charge in [-0.05, 0) is 32.4 Å². The molecule has 0 aromatic carbocycles. The van der Waals surface area contributed by atoms with Crippen molar-refractivity contribution in [2.45, 2.75) is 32.0 Å². The molecule has 1 aromatic heterocycles. The first-order valence-electron chi connectivity index (χ1n) is 5.17. The van der Waals surface area contributed by atoms with E-state index in [0.717, 1.165) is 18.3 Å². The smallest absolute Gasteiger partial charge is 0.396 e. The van der Waals surface area contributed by atoms with Gasteiger partial charge in [0.1, 0.15) is 5.82 Å². The van der Waals surface area contributed by atoms with Crippen LogP contribution in [0.3, 0.4) is 0 Å². The van der Waals surface area contributed by atoms with Gasteiger partial charge in [-0.3, -0.25) is 0 Å². The number of nitrogens with zero attached hydrogens (tertiary/aromatic N) is 1. The maximum absolute atomic E-state index is 12.5. The first-order valence-corrected chi connectivity index (χ1v) is 5.17. The van der Waals surface area contributed by atoms with Crippen LogP contribution < -0.4 is 5.32 Å². The van der Waals surface area contributed by atoms with Crippen LogP contribution in [0, 0.1) is 0 Å².